The Hall–Kier alpha value is -2.11. The van der Waals surface area contributed by atoms with E-state index < -0.39 is 5.91 Å². The molecule has 0 radical (unpaired) electrons. The number of carbonyl (C=O) groups excluding carboxylic acids is 1. The quantitative estimate of drug-likeness (QED) is 0.808. The van der Waals surface area contributed by atoms with E-state index in [9.17, 15) is 4.79 Å². The van der Waals surface area contributed by atoms with Gasteiger partial charge in [-0.25, -0.2) is 0 Å². The molecule has 0 fully saturated rings. The lowest BCUT2D eigenvalue weighted by atomic mass is 10.4. The van der Waals surface area contributed by atoms with Crippen LogP contribution in [-0.2, 0) is 6.54 Å². The van der Waals surface area contributed by atoms with Gasteiger partial charge in [-0.2, -0.15) is 0 Å². The minimum Gasteiger partial charge on any atom is -0.467 e. The molecule has 0 aliphatic carbocycles. The second kappa shape index (κ2) is 3.95. The Morgan fingerprint density at radius 2 is 2.40 bits per heavy atom. The SMILES string of the molecule is Cc1nnc(C(=O)NCc2ccco2)o1. The monoisotopic (exact) mass is 207 g/mol. The summed E-state index contributed by atoms with van der Waals surface area (Å²) in [5, 5.41) is 9.72. The summed E-state index contributed by atoms with van der Waals surface area (Å²) < 4.78 is 9.99. The van der Waals surface area contributed by atoms with Gasteiger partial charge >= 0.3 is 11.8 Å². The van der Waals surface area contributed by atoms with Gasteiger partial charge in [-0.05, 0) is 12.1 Å². The van der Waals surface area contributed by atoms with Crippen LogP contribution in [0.15, 0.2) is 27.2 Å². The molecule has 0 saturated heterocycles. The number of aromatic nitrogens is 2. The maximum Gasteiger partial charge on any atom is 0.309 e. The minimum atomic E-state index is -0.410. The van der Waals surface area contributed by atoms with Gasteiger partial charge in [-0.3, -0.25) is 4.79 Å². The molecule has 78 valence electrons. The average molecular weight is 207 g/mol. The van der Waals surface area contributed by atoms with Crippen LogP contribution in [0.25, 0.3) is 0 Å². The number of hydrogen-bond acceptors (Lipinski definition) is 5. The number of carbonyl (C=O) groups is 1. The Labute approximate surface area is 85.3 Å². The molecular formula is C9H9N3O3. The van der Waals surface area contributed by atoms with Crippen molar-refractivity contribution in [3.05, 3.63) is 35.9 Å². The molecule has 15 heavy (non-hydrogen) atoms. The second-order valence-electron chi connectivity index (χ2n) is 2.89. The van der Waals surface area contributed by atoms with Crippen molar-refractivity contribution in [2.75, 3.05) is 0 Å². The predicted molar refractivity (Wildman–Crippen MR) is 48.9 cm³/mol. The van der Waals surface area contributed by atoms with Crippen molar-refractivity contribution in [1.29, 1.82) is 0 Å². The van der Waals surface area contributed by atoms with Crippen molar-refractivity contribution >= 4 is 5.91 Å². The maximum atomic E-state index is 11.4. The van der Waals surface area contributed by atoms with Gasteiger partial charge in [0.1, 0.15) is 5.76 Å². The molecular weight excluding hydrogens is 198 g/mol. The zero-order valence-electron chi connectivity index (χ0n) is 8.06. The smallest absolute Gasteiger partial charge is 0.309 e. The predicted octanol–water partition coefficient (Wildman–Crippen LogP) is 0.901. The zero-order valence-corrected chi connectivity index (χ0v) is 8.06. The van der Waals surface area contributed by atoms with E-state index in [1.165, 1.54) is 0 Å². The Morgan fingerprint density at radius 1 is 1.53 bits per heavy atom. The third kappa shape index (κ3) is 2.22. The van der Waals surface area contributed by atoms with Crippen LogP contribution in [0.3, 0.4) is 0 Å². The first-order valence-electron chi connectivity index (χ1n) is 4.36. The molecule has 2 heterocycles. The number of rotatable bonds is 3. The lowest BCUT2D eigenvalue weighted by Crippen LogP contribution is -2.22. The van der Waals surface area contributed by atoms with E-state index in [2.05, 4.69) is 15.5 Å². The van der Waals surface area contributed by atoms with Gasteiger partial charge in [0, 0.05) is 6.92 Å². The van der Waals surface area contributed by atoms with E-state index in [0.29, 0.717) is 18.2 Å². The molecule has 6 nitrogen and oxygen atoms in total. The number of nitrogens with one attached hydrogen (secondary N) is 1. The van der Waals surface area contributed by atoms with Crippen LogP contribution < -0.4 is 5.32 Å². The van der Waals surface area contributed by atoms with E-state index in [4.69, 9.17) is 8.83 Å². The van der Waals surface area contributed by atoms with Gasteiger partial charge in [0.25, 0.3) is 0 Å². The molecule has 0 unspecified atom stereocenters. The van der Waals surface area contributed by atoms with Crippen molar-refractivity contribution in [1.82, 2.24) is 15.5 Å². The van der Waals surface area contributed by atoms with Crippen LogP contribution in [0.2, 0.25) is 0 Å². The number of amides is 1. The fourth-order valence-corrected chi connectivity index (χ4v) is 1.04. The highest BCUT2D eigenvalue weighted by molar-refractivity contribution is 5.89. The largest absolute Gasteiger partial charge is 0.467 e. The summed E-state index contributed by atoms with van der Waals surface area (Å²) in [6, 6.07) is 3.51. The van der Waals surface area contributed by atoms with Crippen molar-refractivity contribution in [3.8, 4) is 0 Å². The summed E-state index contributed by atoms with van der Waals surface area (Å²) in [6.45, 7) is 1.92. The van der Waals surface area contributed by atoms with Crippen molar-refractivity contribution in [2.45, 2.75) is 13.5 Å². The highest BCUT2D eigenvalue weighted by atomic mass is 16.4. The lowest BCUT2D eigenvalue weighted by Gasteiger charge is -1.97. The van der Waals surface area contributed by atoms with Crippen LogP contribution in [0.1, 0.15) is 22.3 Å². The molecule has 0 aliphatic rings. The van der Waals surface area contributed by atoms with E-state index in [1.807, 2.05) is 0 Å². The summed E-state index contributed by atoms with van der Waals surface area (Å²) in [7, 11) is 0. The Morgan fingerprint density at radius 3 is 3.00 bits per heavy atom. The zero-order chi connectivity index (χ0) is 10.7. The van der Waals surface area contributed by atoms with Crippen molar-refractivity contribution in [3.63, 3.8) is 0 Å². The van der Waals surface area contributed by atoms with E-state index >= 15 is 0 Å². The van der Waals surface area contributed by atoms with Gasteiger partial charge in [-0.1, -0.05) is 0 Å². The Bertz CT molecular complexity index is 447. The molecule has 1 amide bonds. The third-order valence-corrected chi connectivity index (χ3v) is 1.72. The first-order chi connectivity index (χ1) is 7.25. The summed E-state index contributed by atoms with van der Waals surface area (Å²) in [5.41, 5.74) is 0. The molecule has 2 aromatic heterocycles. The van der Waals surface area contributed by atoms with Gasteiger partial charge < -0.3 is 14.2 Å². The summed E-state index contributed by atoms with van der Waals surface area (Å²) in [4.78, 5) is 11.4. The molecule has 2 rings (SSSR count). The van der Waals surface area contributed by atoms with Crippen LogP contribution in [0.4, 0.5) is 0 Å². The first kappa shape index (κ1) is 9.45. The topological polar surface area (TPSA) is 81.2 Å². The summed E-state index contributed by atoms with van der Waals surface area (Å²) >= 11 is 0. The van der Waals surface area contributed by atoms with Crippen LogP contribution >= 0.6 is 0 Å². The molecule has 6 heteroatoms. The fraction of sp³-hybridized carbons (Fsp3) is 0.222. The van der Waals surface area contributed by atoms with E-state index in [-0.39, 0.29) is 5.89 Å². The molecule has 0 atom stereocenters. The summed E-state index contributed by atoms with van der Waals surface area (Å²) in [6.07, 6.45) is 1.54. The first-order valence-corrected chi connectivity index (χ1v) is 4.36. The Kier molecular flexibility index (Phi) is 2.49. The van der Waals surface area contributed by atoms with Gasteiger partial charge in [0.05, 0.1) is 12.8 Å². The van der Waals surface area contributed by atoms with Crippen LogP contribution in [0.5, 0.6) is 0 Å². The molecule has 0 aromatic carbocycles. The molecule has 1 N–H and O–H groups in total. The molecule has 0 aliphatic heterocycles. The molecule has 2 aromatic rings. The second-order valence-corrected chi connectivity index (χ2v) is 2.89. The Balaban J connectivity index is 1.93. The number of furan rings is 1. The maximum absolute atomic E-state index is 11.4. The third-order valence-electron chi connectivity index (χ3n) is 1.72. The van der Waals surface area contributed by atoms with E-state index in [1.54, 1.807) is 25.3 Å². The van der Waals surface area contributed by atoms with Crippen molar-refractivity contribution < 1.29 is 13.6 Å². The summed E-state index contributed by atoms with van der Waals surface area (Å²) in [5.74, 6) is 0.573. The molecule has 0 spiro atoms. The highest BCUT2D eigenvalue weighted by Crippen LogP contribution is 2.01. The van der Waals surface area contributed by atoms with Gasteiger partial charge in [0.15, 0.2) is 0 Å². The number of hydrogen-bond donors (Lipinski definition) is 1. The lowest BCUT2D eigenvalue weighted by molar-refractivity contribution is 0.0912. The number of aryl methyl sites for hydroxylation is 1. The van der Waals surface area contributed by atoms with Gasteiger partial charge in [-0.15, -0.1) is 10.2 Å². The standard InChI is InChI=1S/C9H9N3O3/c1-6-11-12-9(15-6)8(13)10-5-7-3-2-4-14-7/h2-4H,5H2,1H3,(H,10,13). The minimum absolute atomic E-state index is 0.0425. The normalized spacial score (nSPS) is 10.2. The van der Waals surface area contributed by atoms with Crippen molar-refractivity contribution in [2.24, 2.45) is 0 Å². The highest BCUT2D eigenvalue weighted by Gasteiger charge is 2.12. The molecule has 0 bridgehead atoms. The molecule has 0 saturated carbocycles. The van der Waals surface area contributed by atoms with E-state index in [0.717, 1.165) is 0 Å². The fourth-order valence-electron chi connectivity index (χ4n) is 1.04. The average Bonchev–Trinajstić information content (AvgIpc) is 2.84. The number of nitrogens with zero attached hydrogens (tertiary/aromatic N) is 2. The van der Waals surface area contributed by atoms with Gasteiger partial charge in [0.2, 0.25) is 5.89 Å². The van der Waals surface area contributed by atoms with Crippen LogP contribution in [0, 0.1) is 6.92 Å². The van der Waals surface area contributed by atoms with Crippen LogP contribution in [-0.4, -0.2) is 16.1 Å².